The largest absolute Gasteiger partial charge is 0.357 e. The van der Waals surface area contributed by atoms with Crippen molar-refractivity contribution in [2.45, 2.75) is 40.2 Å². The molecule has 3 aromatic rings. The summed E-state index contributed by atoms with van der Waals surface area (Å²) in [6.07, 6.45) is 6.02. The van der Waals surface area contributed by atoms with E-state index in [2.05, 4.69) is 59.1 Å². The highest BCUT2D eigenvalue weighted by atomic mass is 15.3. The van der Waals surface area contributed by atoms with Crippen LogP contribution in [0.25, 0.3) is 5.69 Å². The van der Waals surface area contributed by atoms with Crippen LogP contribution in [-0.2, 0) is 20.0 Å². The van der Waals surface area contributed by atoms with Crippen LogP contribution in [0.15, 0.2) is 47.7 Å². The normalized spacial score (nSPS) is 11.7. The van der Waals surface area contributed by atoms with Crippen molar-refractivity contribution < 1.29 is 0 Å². The van der Waals surface area contributed by atoms with E-state index in [1.54, 1.807) is 0 Å². The van der Waals surface area contributed by atoms with E-state index in [9.17, 15) is 0 Å². The Kier molecular flexibility index (Phi) is 7.05. The molecule has 0 radical (unpaired) electrons. The van der Waals surface area contributed by atoms with Gasteiger partial charge in [-0.15, -0.1) is 0 Å². The topological polar surface area (TPSA) is 72.1 Å². The van der Waals surface area contributed by atoms with E-state index >= 15 is 0 Å². The van der Waals surface area contributed by atoms with Crippen LogP contribution < -0.4 is 10.6 Å². The number of aliphatic imine (C=N–C) groups is 1. The predicted molar refractivity (Wildman–Crippen MR) is 117 cm³/mol. The third kappa shape index (κ3) is 5.70. The number of nitrogens with one attached hydrogen (secondary N) is 2. The second kappa shape index (κ2) is 9.91. The lowest BCUT2D eigenvalue weighted by Crippen LogP contribution is -2.37. The Hall–Kier alpha value is -3.09. The Labute approximate surface area is 172 Å². The summed E-state index contributed by atoms with van der Waals surface area (Å²) in [5.41, 5.74) is 5.62. The Balaban J connectivity index is 1.63. The molecule has 2 aromatic heterocycles. The summed E-state index contributed by atoms with van der Waals surface area (Å²) < 4.78 is 3.84. The molecule has 1 aromatic carbocycles. The number of guanidine groups is 1. The molecule has 0 saturated heterocycles. The van der Waals surface area contributed by atoms with Crippen LogP contribution in [0, 0.1) is 13.8 Å². The molecule has 2 N–H and O–H groups in total. The second-order valence-corrected chi connectivity index (χ2v) is 7.22. The van der Waals surface area contributed by atoms with Crippen LogP contribution in [0.1, 0.15) is 35.9 Å². The minimum Gasteiger partial charge on any atom is -0.357 e. The van der Waals surface area contributed by atoms with Crippen LogP contribution in [0.2, 0.25) is 0 Å². The summed E-state index contributed by atoms with van der Waals surface area (Å²) in [7, 11) is 1.95. The average Bonchev–Trinajstić information content (AvgIpc) is 3.27. The van der Waals surface area contributed by atoms with Crippen molar-refractivity contribution in [2.24, 2.45) is 12.0 Å². The number of aromatic nitrogens is 4. The molecule has 0 saturated carbocycles. The molecule has 154 valence electrons. The van der Waals surface area contributed by atoms with E-state index in [1.165, 1.54) is 5.56 Å². The van der Waals surface area contributed by atoms with Crippen molar-refractivity contribution in [3.05, 3.63) is 65.2 Å². The molecule has 0 bridgehead atoms. The highest BCUT2D eigenvalue weighted by Gasteiger charge is 2.08. The lowest BCUT2D eigenvalue weighted by atomic mass is 10.2. The van der Waals surface area contributed by atoms with Gasteiger partial charge in [0, 0.05) is 32.0 Å². The SMILES string of the molecule is CCNC(=NCc1ccccc1-n1nc(C)cc1C)NCCCc1cnn(C)c1. The summed E-state index contributed by atoms with van der Waals surface area (Å²) in [5, 5.41) is 15.6. The van der Waals surface area contributed by atoms with Crippen LogP contribution in [-0.4, -0.2) is 38.6 Å². The summed E-state index contributed by atoms with van der Waals surface area (Å²) in [5.74, 6) is 0.835. The van der Waals surface area contributed by atoms with Gasteiger partial charge in [-0.25, -0.2) is 9.67 Å². The van der Waals surface area contributed by atoms with Crippen molar-refractivity contribution in [1.82, 2.24) is 30.2 Å². The maximum absolute atomic E-state index is 4.79. The second-order valence-electron chi connectivity index (χ2n) is 7.22. The van der Waals surface area contributed by atoms with Crippen LogP contribution in [0.5, 0.6) is 0 Å². The van der Waals surface area contributed by atoms with Crippen molar-refractivity contribution in [3.8, 4) is 5.69 Å². The van der Waals surface area contributed by atoms with Gasteiger partial charge in [0.15, 0.2) is 5.96 Å². The van der Waals surface area contributed by atoms with Crippen molar-refractivity contribution >= 4 is 5.96 Å². The van der Waals surface area contributed by atoms with Gasteiger partial charge in [-0.05, 0) is 56.9 Å². The molecule has 0 aliphatic carbocycles. The van der Waals surface area contributed by atoms with E-state index in [0.29, 0.717) is 6.54 Å². The molecule has 7 heteroatoms. The smallest absolute Gasteiger partial charge is 0.191 e. The number of benzene rings is 1. The molecule has 7 nitrogen and oxygen atoms in total. The van der Waals surface area contributed by atoms with E-state index in [0.717, 1.165) is 54.5 Å². The maximum atomic E-state index is 4.79. The zero-order valence-corrected chi connectivity index (χ0v) is 17.8. The van der Waals surface area contributed by atoms with E-state index in [4.69, 9.17) is 4.99 Å². The number of rotatable bonds is 8. The standard InChI is InChI=1S/C22H31N7/c1-5-23-22(24-12-8-9-19-14-26-28(4)16-19)25-15-20-10-6-7-11-21(20)29-18(3)13-17(2)27-29/h6-7,10-11,13-14,16H,5,8-9,12,15H2,1-4H3,(H2,23,24,25). The monoisotopic (exact) mass is 393 g/mol. The number of aryl methyl sites for hydroxylation is 4. The third-order valence-electron chi connectivity index (χ3n) is 4.67. The van der Waals surface area contributed by atoms with Gasteiger partial charge in [0.2, 0.25) is 0 Å². The zero-order valence-electron chi connectivity index (χ0n) is 17.8. The van der Waals surface area contributed by atoms with Crippen molar-refractivity contribution in [2.75, 3.05) is 13.1 Å². The molecular formula is C22H31N7. The van der Waals surface area contributed by atoms with Crippen LogP contribution >= 0.6 is 0 Å². The van der Waals surface area contributed by atoms with Gasteiger partial charge in [-0.2, -0.15) is 10.2 Å². The molecule has 0 fully saturated rings. The fourth-order valence-electron chi connectivity index (χ4n) is 3.33. The summed E-state index contributed by atoms with van der Waals surface area (Å²) in [6, 6.07) is 10.4. The van der Waals surface area contributed by atoms with Gasteiger partial charge >= 0.3 is 0 Å². The lowest BCUT2D eigenvalue weighted by Gasteiger charge is -2.13. The Morgan fingerprint density at radius 2 is 2.00 bits per heavy atom. The first kappa shape index (κ1) is 20.6. The lowest BCUT2D eigenvalue weighted by molar-refractivity contribution is 0.739. The van der Waals surface area contributed by atoms with E-state index < -0.39 is 0 Å². The molecule has 0 aliphatic heterocycles. The molecule has 0 spiro atoms. The Morgan fingerprint density at radius 1 is 1.17 bits per heavy atom. The predicted octanol–water partition coefficient (Wildman–Crippen LogP) is 2.91. The minimum atomic E-state index is 0.590. The van der Waals surface area contributed by atoms with Crippen LogP contribution in [0.3, 0.4) is 0 Å². The first-order chi connectivity index (χ1) is 14.1. The maximum Gasteiger partial charge on any atom is 0.191 e. The van der Waals surface area contributed by atoms with Crippen molar-refractivity contribution in [1.29, 1.82) is 0 Å². The molecule has 0 aliphatic rings. The first-order valence-electron chi connectivity index (χ1n) is 10.2. The van der Waals surface area contributed by atoms with Gasteiger partial charge in [-0.3, -0.25) is 4.68 Å². The Bertz CT molecular complexity index is 952. The molecule has 2 heterocycles. The van der Waals surface area contributed by atoms with Gasteiger partial charge < -0.3 is 10.6 Å². The Morgan fingerprint density at radius 3 is 2.69 bits per heavy atom. The fourth-order valence-corrected chi connectivity index (χ4v) is 3.33. The first-order valence-corrected chi connectivity index (χ1v) is 10.2. The molecular weight excluding hydrogens is 362 g/mol. The quantitative estimate of drug-likeness (QED) is 0.351. The summed E-state index contributed by atoms with van der Waals surface area (Å²) >= 11 is 0. The number of nitrogens with zero attached hydrogens (tertiary/aromatic N) is 5. The third-order valence-corrected chi connectivity index (χ3v) is 4.67. The van der Waals surface area contributed by atoms with Crippen LogP contribution in [0.4, 0.5) is 0 Å². The number of para-hydroxylation sites is 1. The van der Waals surface area contributed by atoms with Gasteiger partial charge in [0.25, 0.3) is 0 Å². The minimum absolute atomic E-state index is 0.590. The summed E-state index contributed by atoms with van der Waals surface area (Å²) in [6.45, 7) is 8.45. The van der Waals surface area contributed by atoms with Gasteiger partial charge in [0.05, 0.1) is 24.1 Å². The van der Waals surface area contributed by atoms with Gasteiger partial charge in [0.1, 0.15) is 0 Å². The average molecular weight is 394 g/mol. The number of hydrogen-bond donors (Lipinski definition) is 2. The highest BCUT2D eigenvalue weighted by molar-refractivity contribution is 5.79. The molecule has 29 heavy (non-hydrogen) atoms. The van der Waals surface area contributed by atoms with E-state index in [-0.39, 0.29) is 0 Å². The molecule has 0 atom stereocenters. The molecule has 3 rings (SSSR count). The van der Waals surface area contributed by atoms with E-state index in [1.807, 2.05) is 41.7 Å². The summed E-state index contributed by atoms with van der Waals surface area (Å²) in [4.78, 5) is 4.79. The molecule has 0 unspecified atom stereocenters. The molecule has 0 amide bonds. The highest BCUT2D eigenvalue weighted by Crippen LogP contribution is 2.17. The van der Waals surface area contributed by atoms with Gasteiger partial charge in [-0.1, -0.05) is 18.2 Å². The fraction of sp³-hybridized carbons (Fsp3) is 0.409. The van der Waals surface area contributed by atoms with Crippen molar-refractivity contribution in [3.63, 3.8) is 0 Å². The number of hydrogen-bond acceptors (Lipinski definition) is 3. The zero-order chi connectivity index (χ0) is 20.6.